The zero-order chi connectivity index (χ0) is 10.8. The fourth-order valence-corrected chi connectivity index (χ4v) is 1.82. The molecule has 2 rings (SSSR count). The van der Waals surface area contributed by atoms with Crippen molar-refractivity contribution in [2.45, 2.75) is 13.0 Å². The Hall–Kier alpha value is -1.71. The summed E-state index contributed by atoms with van der Waals surface area (Å²) in [4.78, 5) is 13.0. The number of carbonyl (C=O) groups excluding carboxylic acids is 1. The van der Waals surface area contributed by atoms with E-state index < -0.39 is 0 Å². The van der Waals surface area contributed by atoms with E-state index in [-0.39, 0.29) is 11.8 Å². The number of phenols is 1. The molecule has 0 unspecified atom stereocenters. The molecule has 0 atom stereocenters. The maximum atomic E-state index is 11.3. The average Bonchev–Trinajstić information content (AvgIpc) is 2.27. The zero-order valence-electron chi connectivity index (χ0n) is 8.56. The number of amides is 1. The highest BCUT2D eigenvalue weighted by molar-refractivity contribution is 5.68. The van der Waals surface area contributed by atoms with Crippen LogP contribution in [0.5, 0.6) is 5.75 Å². The van der Waals surface area contributed by atoms with Gasteiger partial charge in [-0.1, -0.05) is 6.07 Å². The first-order valence-corrected chi connectivity index (χ1v) is 4.84. The van der Waals surface area contributed by atoms with E-state index in [1.165, 1.54) is 7.11 Å². The minimum Gasteiger partial charge on any atom is -0.508 e. The van der Waals surface area contributed by atoms with Crippen molar-refractivity contribution in [1.29, 1.82) is 0 Å². The van der Waals surface area contributed by atoms with Gasteiger partial charge >= 0.3 is 6.09 Å². The van der Waals surface area contributed by atoms with E-state index in [1.54, 1.807) is 17.0 Å². The van der Waals surface area contributed by atoms with E-state index in [0.29, 0.717) is 13.1 Å². The van der Waals surface area contributed by atoms with Gasteiger partial charge in [-0.25, -0.2) is 4.79 Å². The minimum absolute atomic E-state index is 0.278. The summed E-state index contributed by atoms with van der Waals surface area (Å²) in [6, 6.07) is 5.24. The highest BCUT2D eigenvalue weighted by atomic mass is 16.5. The number of phenolic OH excluding ortho intramolecular Hbond substituents is 1. The zero-order valence-corrected chi connectivity index (χ0v) is 8.56. The predicted molar refractivity (Wildman–Crippen MR) is 54.6 cm³/mol. The van der Waals surface area contributed by atoms with Crippen LogP contribution in [0.2, 0.25) is 0 Å². The maximum absolute atomic E-state index is 11.3. The lowest BCUT2D eigenvalue weighted by molar-refractivity contribution is 0.118. The molecule has 80 valence electrons. The van der Waals surface area contributed by atoms with Gasteiger partial charge in [0.05, 0.1) is 7.11 Å². The number of carbonyl (C=O) groups is 1. The summed E-state index contributed by atoms with van der Waals surface area (Å²) in [6.07, 6.45) is 0.465. The Morgan fingerprint density at radius 1 is 1.47 bits per heavy atom. The Morgan fingerprint density at radius 3 is 3.00 bits per heavy atom. The molecule has 0 fully saturated rings. The molecule has 1 aliphatic heterocycles. The van der Waals surface area contributed by atoms with Crippen LogP contribution in [0.15, 0.2) is 18.2 Å². The highest BCUT2D eigenvalue weighted by Crippen LogP contribution is 2.23. The summed E-state index contributed by atoms with van der Waals surface area (Å²) in [5.74, 6) is 0.278. The first-order chi connectivity index (χ1) is 7.20. The highest BCUT2D eigenvalue weighted by Gasteiger charge is 2.20. The molecule has 1 heterocycles. The summed E-state index contributed by atoms with van der Waals surface area (Å²) in [7, 11) is 1.38. The van der Waals surface area contributed by atoms with Crippen LogP contribution in [0.4, 0.5) is 4.79 Å². The molecule has 0 bridgehead atoms. The van der Waals surface area contributed by atoms with E-state index in [2.05, 4.69) is 4.74 Å². The van der Waals surface area contributed by atoms with Crippen molar-refractivity contribution >= 4 is 6.09 Å². The number of benzene rings is 1. The summed E-state index contributed by atoms with van der Waals surface area (Å²) in [5.41, 5.74) is 2.18. The van der Waals surface area contributed by atoms with Crippen LogP contribution in [-0.4, -0.2) is 29.8 Å². The third-order valence-electron chi connectivity index (χ3n) is 2.63. The van der Waals surface area contributed by atoms with Crippen LogP contribution < -0.4 is 0 Å². The SMILES string of the molecule is COC(=O)N1CCc2cc(O)ccc2C1. The van der Waals surface area contributed by atoms with Crippen LogP contribution >= 0.6 is 0 Å². The molecule has 1 amide bonds. The third kappa shape index (κ3) is 1.88. The molecule has 4 nitrogen and oxygen atoms in total. The molecule has 0 spiro atoms. The quantitative estimate of drug-likeness (QED) is 0.701. The van der Waals surface area contributed by atoms with Gasteiger partial charge in [0.1, 0.15) is 5.75 Å². The number of hydrogen-bond donors (Lipinski definition) is 1. The van der Waals surface area contributed by atoms with Crippen molar-refractivity contribution in [2.75, 3.05) is 13.7 Å². The van der Waals surface area contributed by atoms with Gasteiger partial charge in [-0.05, 0) is 29.7 Å². The maximum Gasteiger partial charge on any atom is 0.409 e. The number of fused-ring (bicyclic) bond motifs is 1. The second-order valence-corrected chi connectivity index (χ2v) is 3.59. The van der Waals surface area contributed by atoms with Gasteiger partial charge < -0.3 is 14.7 Å². The van der Waals surface area contributed by atoms with Crippen molar-refractivity contribution in [2.24, 2.45) is 0 Å². The van der Waals surface area contributed by atoms with Crippen LogP contribution in [0.25, 0.3) is 0 Å². The van der Waals surface area contributed by atoms with Crippen LogP contribution in [0.1, 0.15) is 11.1 Å². The van der Waals surface area contributed by atoms with Gasteiger partial charge in [-0.15, -0.1) is 0 Å². The largest absolute Gasteiger partial charge is 0.508 e. The van der Waals surface area contributed by atoms with Crippen LogP contribution in [0.3, 0.4) is 0 Å². The molecule has 0 saturated carbocycles. The van der Waals surface area contributed by atoms with Crippen molar-refractivity contribution in [3.63, 3.8) is 0 Å². The second kappa shape index (κ2) is 3.81. The molecule has 4 heteroatoms. The third-order valence-corrected chi connectivity index (χ3v) is 2.63. The lowest BCUT2D eigenvalue weighted by atomic mass is 10.00. The monoisotopic (exact) mass is 207 g/mol. The van der Waals surface area contributed by atoms with Crippen molar-refractivity contribution in [3.8, 4) is 5.75 Å². The standard InChI is InChI=1S/C11H13NO3/c1-15-11(14)12-5-4-8-6-10(13)3-2-9(8)7-12/h2-3,6,13H,4-5,7H2,1H3. The molecular formula is C11H13NO3. The Bertz CT molecular complexity index is 389. The van der Waals surface area contributed by atoms with Crippen molar-refractivity contribution in [3.05, 3.63) is 29.3 Å². The smallest absolute Gasteiger partial charge is 0.409 e. The number of rotatable bonds is 0. The van der Waals surface area contributed by atoms with Gasteiger partial charge in [0.25, 0.3) is 0 Å². The fourth-order valence-electron chi connectivity index (χ4n) is 1.82. The minimum atomic E-state index is -0.297. The van der Waals surface area contributed by atoms with Gasteiger partial charge in [0.15, 0.2) is 0 Å². The number of ether oxygens (including phenoxy) is 1. The molecule has 1 aromatic rings. The van der Waals surface area contributed by atoms with Gasteiger partial charge in [-0.2, -0.15) is 0 Å². The number of nitrogens with zero attached hydrogens (tertiary/aromatic N) is 1. The predicted octanol–water partition coefficient (Wildman–Crippen LogP) is 1.52. The lowest BCUT2D eigenvalue weighted by Crippen LogP contribution is -2.35. The number of aromatic hydroxyl groups is 1. The molecule has 1 N–H and O–H groups in total. The Kier molecular flexibility index (Phi) is 2.49. The molecule has 0 aromatic heterocycles. The summed E-state index contributed by atoms with van der Waals surface area (Å²) >= 11 is 0. The summed E-state index contributed by atoms with van der Waals surface area (Å²) in [5, 5.41) is 9.30. The molecular weight excluding hydrogens is 194 g/mol. The summed E-state index contributed by atoms with van der Waals surface area (Å²) < 4.78 is 4.67. The van der Waals surface area contributed by atoms with E-state index in [1.807, 2.05) is 6.07 Å². The summed E-state index contributed by atoms with van der Waals surface area (Å²) in [6.45, 7) is 1.20. The first kappa shape index (κ1) is 9.83. The number of methoxy groups -OCH3 is 1. The average molecular weight is 207 g/mol. The molecule has 1 aliphatic rings. The van der Waals surface area contributed by atoms with E-state index in [4.69, 9.17) is 0 Å². The molecule has 15 heavy (non-hydrogen) atoms. The Balaban J connectivity index is 2.20. The van der Waals surface area contributed by atoms with Gasteiger partial charge in [0.2, 0.25) is 0 Å². The van der Waals surface area contributed by atoms with E-state index in [0.717, 1.165) is 17.5 Å². The fraction of sp³-hybridized carbons (Fsp3) is 0.364. The molecule has 0 saturated heterocycles. The second-order valence-electron chi connectivity index (χ2n) is 3.59. The normalized spacial score (nSPS) is 14.6. The van der Waals surface area contributed by atoms with Crippen LogP contribution in [0, 0.1) is 0 Å². The van der Waals surface area contributed by atoms with Gasteiger partial charge in [-0.3, -0.25) is 0 Å². The Morgan fingerprint density at radius 2 is 2.27 bits per heavy atom. The van der Waals surface area contributed by atoms with Gasteiger partial charge in [0, 0.05) is 13.1 Å². The first-order valence-electron chi connectivity index (χ1n) is 4.84. The van der Waals surface area contributed by atoms with Crippen LogP contribution in [-0.2, 0) is 17.7 Å². The molecule has 1 aromatic carbocycles. The topological polar surface area (TPSA) is 49.8 Å². The van der Waals surface area contributed by atoms with Crippen molar-refractivity contribution in [1.82, 2.24) is 4.90 Å². The Labute approximate surface area is 88.1 Å². The van der Waals surface area contributed by atoms with E-state index in [9.17, 15) is 9.90 Å². The van der Waals surface area contributed by atoms with Crippen molar-refractivity contribution < 1.29 is 14.6 Å². The lowest BCUT2D eigenvalue weighted by Gasteiger charge is -2.27. The molecule has 0 radical (unpaired) electrons. The van der Waals surface area contributed by atoms with E-state index >= 15 is 0 Å². The molecule has 0 aliphatic carbocycles. The number of hydrogen-bond acceptors (Lipinski definition) is 3.